The van der Waals surface area contributed by atoms with Gasteiger partial charge in [0.2, 0.25) is 0 Å². The van der Waals surface area contributed by atoms with E-state index in [2.05, 4.69) is 24.0 Å². The van der Waals surface area contributed by atoms with Crippen LogP contribution in [-0.4, -0.2) is 7.11 Å². The van der Waals surface area contributed by atoms with Crippen molar-refractivity contribution in [3.63, 3.8) is 0 Å². The molecule has 0 N–H and O–H groups in total. The molecule has 0 amide bonds. The lowest BCUT2D eigenvalue weighted by Crippen LogP contribution is -2.10. The van der Waals surface area contributed by atoms with Crippen molar-refractivity contribution in [3.8, 4) is 0 Å². The molecule has 84 valence electrons. The fourth-order valence-corrected chi connectivity index (χ4v) is 2.35. The summed E-state index contributed by atoms with van der Waals surface area (Å²) in [5.74, 6) is 0.704. The standard InChI is InChI=1S/C15H18O/c1-16-12-13-8-10-15(11-9-13)14-6-4-2-3-5-7-14/h2,4-7,12,15H,8-11H2,1H3. The van der Waals surface area contributed by atoms with E-state index >= 15 is 0 Å². The maximum atomic E-state index is 5.07. The van der Waals surface area contributed by atoms with Gasteiger partial charge < -0.3 is 4.74 Å². The third kappa shape index (κ3) is 2.77. The Labute approximate surface area is 97.5 Å². The Morgan fingerprint density at radius 1 is 1.31 bits per heavy atom. The summed E-state index contributed by atoms with van der Waals surface area (Å²) in [6.45, 7) is 0. The topological polar surface area (TPSA) is 9.23 Å². The van der Waals surface area contributed by atoms with Gasteiger partial charge >= 0.3 is 0 Å². The fraction of sp³-hybridized carbons (Fsp3) is 0.400. The van der Waals surface area contributed by atoms with Crippen LogP contribution in [0.4, 0.5) is 0 Å². The Kier molecular flexibility index (Phi) is 3.85. The molecule has 1 saturated carbocycles. The highest BCUT2D eigenvalue weighted by molar-refractivity contribution is 5.32. The number of rotatable bonds is 2. The predicted molar refractivity (Wildman–Crippen MR) is 66.9 cm³/mol. The molecule has 1 fully saturated rings. The Hall–Kier alpha value is -1.46. The first-order valence-electron chi connectivity index (χ1n) is 5.90. The predicted octanol–water partition coefficient (Wildman–Crippen LogP) is 3.91. The molecule has 0 bridgehead atoms. The maximum Gasteiger partial charge on any atom is 0.0816 e. The van der Waals surface area contributed by atoms with E-state index in [1.807, 2.05) is 18.4 Å². The van der Waals surface area contributed by atoms with Gasteiger partial charge in [-0.2, -0.15) is 0 Å². The lowest BCUT2D eigenvalue weighted by molar-refractivity contribution is 0.324. The van der Waals surface area contributed by atoms with E-state index in [4.69, 9.17) is 4.74 Å². The van der Waals surface area contributed by atoms with Crippen molar-refractivity contribution in [3.05, 3.63) is 53.5 Å². The van der Waals surface area contributed by atoms with Gasteiger partial charge in [0.25, 0.3) is 0 Å². The molecule has 0 aromatic rings. The number of ether oxygens (including phenoxy) is 1. The molecule has 0 aromatic carbocycles. The minimum atomic E-state index is 0.704. The molecule has 0 spiro atoms. The smallest absolute Gasteiger partial charge is 0.0816 e. The van der Waals surface area contributed by atoms with Crippen molar-refractivity contribution in [2.45, 2.75) is 25.7 Å². The average molecular weight is 214 g/mol. The van der Waals surface area contributed by atoms with Crippen molar-refractivity contribution in [2.24, 2.45) is 5.92 Å². The lowest BCUT2D eigenvalue weighted by atomic mass is 9.81. The number of allylic oxidation sites excluding steroid dienone is 6. The maximum absolute atomic E-state index is 5.07. The first-order chi connectivity index (χ1) is 7.90. The van der Waals surface area contributed by atoms with Gasteiger partial charge in [0.15, 0.2) is 0 Å². The normalized spacial score (nSPS) is 23.9. The van der Waals surface area contributed by atoms with E-state index in [-0.39, 0.29) is 0 Å². The Bertz CT molecular complexity index is 380. The molecule has 0 aromatic heterocycles. The summed E-state index contributed by atoms with van der Waals surface area (Å²) in [6, 6.07) is 0. The number of hydrogen-bond donors (Lipinski definition) is 0. The van der Waals surface area contributed by atoms with Crippen LogP contribution in [0.25, 0.3) is 0 Å². The second-order valence-corrected chi connectivity index (χ2v) is 4.31. The summed E-state index contributed by atoms with van der Waals surface area (Å²) in [6.07, 6.45) is 17.2. The molecule has 1 nitrogen and oxygen atoms in total. The summed E-state index contributed by atoms with van der Waals surface area (Å²) in [5, 5.41) is 0. The second kappa shape index (κ2) is 5.58. The quantitative estimate of drug-likeness (QED) is 0.500. The molecule has 0 heterocycles. The van der Waals surface area contributed by atoms with Gasteiger partial charge in [0.1, 0.15) is 0 Å². The average Bonchev–Trinajstić information content (AvgIpc) is 2.59. The molecule has 16 heavy (non-hydrogen) atoms. The second-order valence-electron chi connectivity index (χ2n) is 4.31. The van der Waals surface area contributed by atoms with Crippen LogP contribution >= 0.6 is 0 Å². The Morgan fingerprint density at radius 3 is 2.88 bits per heavy atom. The third-order valence-corrected chi connectivity index (χ3v) is 3.24. The van der Waals surface area contributed by atoms with Crippen molar-refractivity contribution < 1.29 is 4.74 Å². The molecular weight excluding hydrogens is 196 g/mol. The summed E-state index contributed by atoms with van der Waals surface area (Å²) in [5.41, 5.74) is 5.99. The largest absolute Gasteiger partial charge is 0.504 e. The van der Waals surface area contributed by atoms with Gasteiger partial charge in [-0.05, 0) is 54.9 Å². The van der Waals surface area contributed by atoms with Gasteiger partial charge in [-0.25, -0.2) is 0 Å². The molecule has 0 unspecified atom stereocenters. The van der Waals surface area contributed by atoms with Crippen LogP contribution in [-0.2, 0) is 4.74 Å². The Balaban J connectivity index is 1.97. The zero-order chi connectivity index (χ0) is 11.2. The van der Waals surface area contributed by atoms with Crippen molar-refractivity contribution in [1.82, 2.24) is 0 Å². The van der Waals surface area contributed by atoms with Crippen molar-refractivity contribution in [1.29, 1.82) is 0 Å². The molecule has 0 saturated heterocycles. The highest BCUT2D eigenvalue weighted by atomic mass is 16.5. The first kappa shape index (κ1) is 11.0. The van der Waals surface area contributed by atoms with Crippen LogP contribution < -0.4 is 0 Å². The summed E-state index contributed by atoms with van der Waals surface area (Å²) >= 11 is 0. The van der Waals surface area contributed by atoms with Crippen LogP contribution in [0, 0.1) is 5.92 Å². The van der Waals surface area contributed by atoms with Crippen LogP contribution in [0.3, 0.4) is 0 Å². The number of hydrogen-bond acceptors (Lipinski definition) is 1. The molecule has 2 aliphatic carbocycles. The fourth-order valence-electron chi connectivity index (χ4n) is 2.35. The first-order valence-corrected chi connectivity index (χ1v) is 5.90. The van der Waals surface area contributed by atoms with E-state index in [0.717, 1.165) is 0 Å². The SMILES string of the molecule is COC=C1CCC(C2=CC=C=CC=C2)CC1. The molecule has 1 heteroatoms. The van der Waals surface area contributed by atoms with Crippen LogP contribution in [0.5, 0.6) is 0 Å². The molecule has 2 rings (SSSR count). The summed E-state index contributed by atoms with van der Waals surface area (Å²) in [7, 11) is 1.73. The third-order valence-electron chi connectivity index (χ3n) is 3.24. The van der Waals surface area contributed by atoms with E-state index in [0.29, 0.717) is 5.92 Å². The van der Waals surface area contributed by atoms with Gasteiger partial charge in [-0.15, -0.1) is 5.73 Å². The van der Waals surface area contributed by atoms with Gasteiger partial charge in [-0.3, -0.25) is 0 Å². The van der Waals surface area contributed by atoms with Crippen LogP contribution in [0.1, 0.15) is 25.7 Å². The van der Waals surface area contributed by atoms with Gasteiger partial charge in [-0.1, -0.05) is 18.2 Å². The van der Waals surface area contributed by atoms with E-state index in [1.54, 1.807) is 7.11 Å². The molecule has 0 aliphatic heterocycles. The Morgan fingerprint density at radius 2 is 2.12 bits per heavy atom. The van der Waals surface area contributed by atoms with E-state index < -0.39 is 0 Å². The van der Waals surface area contributed by atoms with Gasteiger partial charge in [0.05, 0.1) is 13.4 Å². The van der Waals surface area contributed by atoms with Crippen LogP contribution in [0.15, 0.2) is 53.5 Å². The zero-order valence-electron chi connectivity index (χ0n) is 9.78. The highest BCUT2D eigenvalue weighted by Gasteiger charge is 2.18. The lowest BCUT2D eigenvalue weighted by Gasteiger charge is -2.24. The highest BCUT2D eigenvalue weighted by Crippen LogP contribution is 2.33. The van der Waals surface area contributed by atoms with Crippen LogP contribution in [0.2, 0.25) is 0 Å². The zero-order valence-corrected chi connectivity index (χ0v) is 9.78. The van der Waals surface area contributed by atoms with Crippen molar-refractivity contribution in [2.75, 3.05) is 7.11 Å². The molecule has 2 aliphatic rings. The summed E-state index contributed by atoms with van der Waals surface area (Å²) in [4.78, 5) is 0. The van der Waals surface area contributed by atoms with E-state index in [1.165, 1.54) is 36.8 Å². The monoisotopic (exact) mass is 214 g/mol. The van der Waals surface area contributed by atoms with Gasteiger partial charge in [0, 0.05) is 0 Å². The van der Waals surface area contributed by atoms with Crippen molar-refractivity contribution >= 4 is 0 Å². The molecule has 0 atom stereocenters. The minimum Gasteiger partial charge on any atom is -0.504 e. The molecule has 0 radical (unpaired) electrons. The minimum absolute atomic E-state index is 0.704. The molecular formula is C15H18O. The van der Waals surface area contributed by atoms with E-state index in [9.17, 15) is 0 Å². The number of methoxy groups -OCH3 is 1. The summed E-state index contributed by atoms with van der Waals surface area (Å²) < 4.78 is 5.07.